The molecule has 4 amide bonds. The molecule has 0 unspecified atom stereocenters. The van der Waals surface area contributed by atoms with E-state index < -0.39 is 17.8 Å². The molecule has 0 aromatic heterocycles. The van der Waals surface area contributed by atoms with Crippen molar-refractivity contribution in [3.8, 4) is 17.2 Å². The standard InChI is InChI=1S/C22H21ClN2O6/c1-12-4-5-15(8-13(12)2)30-6-7-31-19-17(23)10-14(11-18(19)29-3)9-16-20(26)24-22(28)25-21(16)27/h4-5,8-11H,6-7H2,1-3H3,(H2,24,25,26,27,28). The van der Waals surface area contributed by atoms with E-state index in [9.17, 15) is 14.4 Å². The molecule has 0 radical (unpaired) electrons. The largest absolute Gasteiger partial charge is 0.493 e. The number of carbonyl (C=O) groups excluding carboxylic acids is 3. The fourth-order valence-electron chi connectivity index (χ4n) is 2.84. The van der Waals surface area contributed by atoms with E-state index in [0.717, 1.165) is 11.3 Å². The average Bonchev–Trinajstić information content (AvgIpc) is 2.71. The highest BCUT2D eigenvalue weighted by molar-refractivity contribution is 6.33. The van der Waals surface area contributed by atoms with Crippen LogP contribution in [0.15, 0.2) is 35.9 Å². The Bertz CT molecular complexity index is 1060. The molecule has 0 atom stereocenters. The van der Waals surface area contributed by atoms with E-state index >= 15 is 0 Å². The van der Waals surface area contributed by atoms with Crippen molar-refractivity contribution in [3.05, 3.63) is 57.6 Å². The van der Waals surface area contributed by atoms with Crippen LogP contribution in [-0.2, 0) is 9.59 Å². The van der Waals surface area contributed by atoms with E-state index in [-0.39, 0.29) is 17.2 Å². The van der Waals surface area contributed by atoms with Crippen LogP contribution in [0.2, 0.25) is 5.02 Å². The van der Waals surface area contributed by atoms with Gasteiger partial charge in [0.25, 0.3) is 11.8 Å². The number of rotatable bonds is 7. The van der Waals surface area contributed by atoms with Gasteiger partial charge in [-0.05, 0) is 60.9 Å². The highest BCUT2D eigenvalue weighted by atomic mass is 35.5. The lowest BCUT2D eigenvalue weighted by Crippen LogP contribution is -2.51. The third kappa shape index (κ3) is 5.35. The minimum absolute atomic E-state index is 0.219. The molecule has 3 rings (SSSR count). The summed E-state index contributed by atoms with van der Waals surface area (Å²) in [5, 5.41) is 4.24. The molecule has 2 aromatic rings. The van der Waals surface area contributed by atoms with Gasteiger partial charge in [0.05, 0.1) is 12.1 Å². The minimum atomic E-state index is -0.866. The van der Waals surface area contributed by atoms with Crippen LogP contribution in [0.5, 0.6) is 17.2 Å². The summed E-state index contributed by atoms with van der Waals surface area (Å²) in [4.78, 5) is 35.0. The zero-order valence-corrected chi connectivity index (χ0v) is 18.0. The predicted molar refractivity (Wildman–Crippen MR) is 115 cm³/mol. The second-order valence-corrected chi connectivity index (χ2v) is 7.18. The van der Waals surface area contributed by atoms with Gasteiger partial charge in [0.1, 0.15) is 24.5 Å². The Hall–Kier alpha value is -3.52. The molecule has 0 aliphatic carbocycles. The molecule has 1 aliphatic heterocycles. The quantitative estimate of drug-likeness (QED) is 0.386. The van der Waals surface area contributed by atoms with E-state index in [1.807, 2.05) is 42.7 Å². The zero-order valence-electron chi connectivity index (χ0n) is 17.2. The molecule has 0 bridgehead atoms. The van der Waals surface area contributed by atoms with Gasteiger partial charge < -0.3 is 14.2 Å². The van der Waals surface area contributed by atoms with Gasteiger partial charge in [0.2, 0.25) is 0 Å². The van der Waals surface area contributed by atoms with Crippen molar-refractivity contribution >= 4 is 35.5 Å². The molecule has 2 aromatic carbocycles. The Balaban J connectivity index is 1.70. The van der Waals surface area contributed by atoms with Crippen LogP contribution < -0.4 is 24.8 Å². The van der Waals surface area contributed by atoms with E-state index in [4.69, 9.17) is 25.8 Å². The number of hydrogen-bond acceptors (Lipinski definition) is 6. The number of aryl methyl sites for hydroxylation is 2. The smallest absolute Gasteiger partial charge is 0.328 e. The van der Waals surface area contributed by atoms with E-state index in [1.54, 1.807) is 6.07 Å². The fraction of sp³-hybridized carbons (Fsp3) is 0.227. The SMILES string of the molecule is COc1cc(C=C2C(=O)NC(=O)NC2=O)cc(Cl)c1OCCOc1ccc(C)c(C)c1. The number of ether oxygens (including phenoxy) is 3. The van der Waals surface area contributed by atoms with Crippen molar-refractivity contribution in [2.45, 2.75) is 13.8 Å². The predicted octanol–water partition coefficient (Wildman–Crippen LogP) is 3.17. The van der Waals surface area contributed by atoms with Crippen LogP contribution in [0.25, 0.3) is 6.08 Å². The first-order valence-electron chi connectivity index (χ1n) is 9.37. The van der Waals surface area contributed by atoms with Crippen LogP contribution in [0.4, 0.5) is 4.79 Å². The maximum atomic E-state index is 11.9. The topological polar surface area (TPSA) is 103 Å². The van der Waals surface area contributed by atoms with E-state index in [0.29, 0.717) is 23.7 Å². The molecule has 8 nitrogen and oxygen atoms in total. The maximum Gasteiger partial charge on any atom is 0.328 e. The first-order chi connectivity index (χ1) is 14.8. The number of nitrogens with one attached hydrogen (secondary N) is 2. The Labute approximate surface area is 184 Å². The molecular weight excluding hydrogens is 424 g/mol. The van der Waals surface area contributed by atoms with Crippen LogP contribution >= 0.6 is 11.6 Å². The van der Waals surface area contributed by atoms with Gasteiger partial charge in [-0.25, -0.2) is 4.79 Å². The lowest BCUT2D eigenvalue weighted by atomic mass is 10.1. The molecule has 2 N–H and O–H groups in total. The van der Waals surface area contributed by atoms with Crippen molar-refractivity contribution in [3.63, 3.8) is 0 Å². The normalized spacial score (nSPS) is 13.4. The summed E-state index contributed by atoms with van der Waals surface area (Å²) in [6.45, 7) is 4.56. The van der Waals surface area contributed by atoms with Crippen molar-refractivity contribution < 1.29 is 28.6 Å². The second-order valence-electron chi connectivity index (χ2n) is 6.77. The summed E-state index contributed by atoms with van der Waals surface area (Å²) >= 11 is 6.33. The Morgan fingerprint density at radius 1 is 0.935 bits per heavy atom. The van der Waals surface area contributed by atoms with E-state index in [2.05, 4.69) is 0 Å². The molecule has 1 fully saturated rings. The van der Waals surface area contributed by atoms with Crippen molar-refractivity contribution in [2.75, 3.05) is 20.3 Å². The van der Waals surface area contributed by atoms with Crippen LogP contribution in [0.3, 0.4) is 0 Å². The molecule has 31 heavy (non-hydrogen) atoms. The summed E-state index contributed by atoms with van der Waals surface area (Å²) in [5.74, 6) is -0.226. The molecule has 0 saturated carbocycles. The van der Waals surface area contributed by atoms with Gasteiger partial charge in [-0.15, -0.1) is 0 Å². The average molecular weight is 445 g/mol. The number of imide groups is 2. The molecule has 1 aliphatic rings. The summed E-state index contributed by atoms with van der Waals surface area (Å²) < 4.78 is 16.8. The molecule has 1 heterocycles. The second kappa shape index (κ2) is 9.53. The number of urea groups is 1. The van der Waals surface area contributed by atoms with Crippen molar-refractivity contribution in [1.82, 2.24) is 10.6 Å². The summed E-state index contributed by atoms with van der Waals surface area (Å²) in [6.07, 6.45) is 1.30. The highest BCUT2D eigenvalue weighted by Gasteiger charge is 2.27. The number of amides is 4. The lowest BCUT2D eigenvalue weighted by Gasteiger charge is -2.16. The van der Waals surface area contributed by atoms with Crippen LogP contribution in [0.1, 0.15) is 16.7 Å². The summed E-state index contributed by atoms with van der Waals surface area (Å²) in [7, 11) is 1.44. The number of hydrogen-bond donors (Lipinski definition) is 2. The summed E-state index contributed by atoms with van der Waals surface area (Å²) in [6, 6.07) is 8.05. The molecule has 1 saturated heterocycles. The van der Waals surface area contributed by atoms with Crippen LogP contribution in [-0.4, -0.2) is 38.2 Å². The van der Waals surface area contributed by atoms with Gasteiger partial charge in [-0.3, -0.25) is 20.2 Å². The van der Waals surface area contributed by atoms with Crippen molar-refractivity contribution in [1.29, 1.82) is 0 Å². The Morgan fingerprint density at radius 3 is 2.26 bits per heavy atom. The highest BCUT2D eigenvalue weighted by Crippen LogP contribution is 2.37. The molecule has 0 spiro atoms. The number of carbonyl (C=O) groups is 3. The lowest BCUT2D eigenvalue weighted by molar-refractivity contribution is -0.123. The molecular formula is C22H21ClN2O6. The minimum Gasteiger partial charge on any atom is -0.493 e. The number of halogens is 1. The fourth-order valence-corrected chi connectivity index (χ4v) is 3.12. The van der Waals surface area contributed by atoms with Gasteiger partial charge in [-0.1, -0.05) is 17.7 Å². The maximum absolute atomic E-state index is 11.9. The number of methoxy groups -OCH3 is 1. The van der Waals surface area contributed by atoms with Gasteiger partial charge >= 0.3 is 6.03 Å². The van der Waals surface area contributed by atoms with Gasteiger partial charge in [0.15, 0.2) is 11.5 Å². The van der Waals surface area contributed by atoms with Crippen molar-refractivity contribution in [2.24, 2.45) is 0 Å². The molecule has 162 valence electrons. The zero-order chi connectivity index (χ0) is 22.5. The summed E-state index contributed by atoms with van der Waals surface area (Å²) in [5.41, 5.74) is 2.52. The molecule has 9 heteroatoms. The van der Waals surface area contributed by atoms with E-state index in [1.165, 1.54) is 24.8 Å². The first kappa shape index (κ1) is 22.2. The third-order valence-corrected chi connectivity index (χ3v) is 4.86. The third-order valence-electron chi connectivity index (χ3n) is 4.58. The Morgan fingerprint density at radius 2 is 1.61 bits per heavy atom. The van der Waals surface area contributed by atoms with Crippen LogP contribution in [0, 0.1) is 13.8 Å². The van der Waals surface area contributed by atoms with Gasteiger partial charge in [-0.2, -0.15) is 0 Å². The Kier molecular flexibility index (Phi) is 6.81. The first-order valence-corrected chi connectivity index (χ1v) is 9.75. The number of barbiturate groups is 1. The monoisotopic (exact) mass is 444 g/mol. The van der Waals surface area contributed by atoms with Gasteiger partial charge in [0, 0.05) is 0 Å². The number of benzene rings is 2.